The number of carbonyl (C=O) groups is 1. The van der Waals surface area contributed by atoms with Crippen LogP contribution in [0.2, 0.25) is 4.34 Å². The summed E-state index contributed by atoms with van der Waals surface area (Å²) in [6.45, 7) is 3.23. The highest BCUT2D eigenvalue weighted by atomic mass is 35.5. The molecule has 1 rings (SSSR count). The standard InChI is InChI=1S/C8H10ClNO3S2/c1-5(2)8(11)10-15(12,13)7-4-3-6(9)14-7/h3-5H,1-2H3,(H,10,11). The molecule has 15 heavy (non-hydrogen) atoms. The first-order valence-corrected chi connectivity index (χ1v) is 6.82. The maximum Gasteiger partial charge on any atom is 0.273 e. The average molecular weight is 268 g/mol. The van der Waals surface area contributed by atoms with Crippen molar-refractivity contribution < 1.29 is 13.2 Å². The van der Waals surface area contributed by atoms with Gasteiger partial charge in [-0.2, -0.15) is 0 Å². The molecule has 0 bridgehead atoms. The van der Waals surface area contributed by atoms with Crippen molar-refractivity contribution in [2.24, 2.45) is 5.92 Å². The Kier molecular flexibility index (Phi) is 3.75. The van der Waals surface area contributed by atoms with Crippen LogP contribution in [0.15, 0.2) is 16.3 Å². The molecule has 0 aromatic carbocycles. The molecule has 0 radical (unpaired) electrons. The first kappa shape index (κ1) is 12.5. The van der Waals surface area contributed by atoms with Gasteiger partial charge in [0.15, 0.2) is 0 Å². The lowest BCUT2D eigenvalue weighted by Gasteiger charge is -2.06. The number of hydrogen-bond donors (Lipinski definition) is 1. The zero-order chi connectivity index (χ0) is 11.6. The number of hydrogen-bond acceptors (Lipinski definition) is 4. The number of carbonyl (C=O) groups excluding carboxylic acids is 1. The number of thiophene rings is 1. The second-order valence-electron chi connectivity index (χ2n) is 3.18. The number of halogens is 1. The number of rotatable bonds is 3. The van der Waals surface area contributed by atoms with Crippen LogP contribution in [-0.4, -0.2) is 14.3 Å². The summed E-state index contributed by atoms with van der Waals surface area (Å²) >= 11 is 6.52. The molecular weight excluding hydrogens is 258 g/mol. The van der Waals surface area contributed by atoms with Gasteiger partial charge in [0.1, 0.15) is 4.21 Å². The molecule has 0 saturated carbocycles. The highest BCUT2D eigenvalue weighted by Gasteiger charge is 2.20. The summed E-state index contributed by atoms with van der Waals surface area (Å²) in [7, 11) is -3.75. The van der Waals surface area contributed by atoms with Gasteiger partial charge in [-0.1, -0.05) is 25.4 Å². The molecular formula is C8H10ClNO3S2. The Balaban J connectivity index is 2.90. The monoisotopic (exact) mass is 267 g/mol. The minimum absolute atomic E-state index is 0.0431. The lowest BCUT2D eigenvalue weighted by molar-refractivity contribution is -0.122. The minimum atomic E-state index is -3.75. The van der Waals surface area contributed by atoms with Crippen LogP contribution in [0.5, 0.6) is 0 Å². The normalized spacial score (nSPS) is 11.7. The maximum absolute atomic E-state index is 11.6. The molecule has 1 aromatic heterocycles. The van der Waals surface area contributed by atoms with Crippen molar-refractivity contribution in [3.63, 3.8) is 0 Å². The van der Waals surface area contributed by atoms with Crippen LogP contribution < -0.4 is 4.72 Å². The molecule has 0 saturated heterocycles. The molecule has 7 heteroatoms. The van der Waals surface area contributed by atoms with Gasteiger partial charge in [-0.25, -0.2) is 13.1 Å². The molecule has 4 nitrogen and oxygen atoms in total. The summed E-state index contributed by atoms with van der Waals surface area (Å²) < 4.78 is 25.5. The third-order valence-corrected chi connectivity index (χ3v) is 4.64. The van der Waals surface area contributed by atoms with Gasteiger partial charge in [0.05, 0.1) is 4.34 Å². The zero-order valence-electron chi connectivity index (χ0n) is 8.15. The predicted octanol–water partition coefficient (Wildman–Crippen LogP) is 1.86. The first-order chi connectivity index (χ1) is 6.83. The van der Waals surface area contributed by atoms with E-state index in [4.69, 9.17) is 11.6 Å². The summed E-state index contributed by atoms with van der Waals surface area (Å²) in [5.74, 6) is -0.908. The van der Waals surface area contributed by atoms with Gasteiger partial charge in [0.2, 0.25) is 5.91 Å². The van der Waals surface area contributed by atoms with Crippen LogP contribution in [0, 0.1) is 5.92 Å². The number of amides is 1. The zero-order valence-corrected chi connectivity index (χ0v) is 10.5. The van der Waals surface area contributed by atoms with E-state index in [9.17, 15) is 13.2 Å². The molecule has 1 aromatic rings. The van der Waals surface area contributed by atoms with E-state index in [1.54, 1.807) is 13.8 Å². The fraction of sp³-hybridized carbons (Fsp3) is 0.375. The topological polar surface area (TPSA) is 63.2 Å². The van der Waals surface area contributed by atoms with Gasteiger partial charge in [-0.3, -0.25) is 4.79 Å². The van der Waals surface area contributed by atoms with Crippen molar-refractivity contribution in [3.8, 4) is 0 Å². The summed E-state index contributed by atoms with van der Waals surface area (Å²) in [5, 5.41) is 0. The van der Waals surface area contributed by atoms with Crippen LogP contribution >= 0.6 is 22.9 Å². The van der Waals surface area contributed by atoms with Gasteiger partial charge in [-0.05, 0) is 12.1 Å². The van der Waals surface area contributed by atoms with Crippen LogP contribution in [-0.2, 0) is 14.8 Å². The predicted molar refractivity (Wildman–Crippen MR) is 59.5 cm³/mol. The summed E-state index contributed by atoms with van der Waals surface area (Å²) in [6, 6.07) is 2.84. The van der Waals surface area contributed by atoms with Crippen molar-refractivity contribution in [2.45, 2.75) is 18.1 Å². The molecule has 1 amide bonds. The van der Waals surface area contributed by atoms with Crippen LogP contribution in [0.1, 0.15) is 13.8 Å². The Morgan fingerprint density at radius 1 is 1.47 bits per heavy atom. The lowest BCUT2D eigenvalue weighted by Crippen LogP contribution is -2.33. The fourth-order valence-electron chi connectivity index (χ4n) is 0.743. The Morgan fingerprint density at radius 2 is 2.07 bits per heavy atom. The van der Waals surface area contributed by atoms with Gasteiger partial charge in [0, 0.05) is 5.92 Å². The van der Waals surface area contributed by atoms with E-state index in [0.29, 0.717) is 4.34 Å². The van der Waals surface area contributed by atoms with Gasteiger partial charge in [-0.15, -0.1) is 11.3 Å². The van der Waals surface area contributed by atoms with E-state index in [2.05, 4.69) is 0 Å². The second kappa shape index (κ2) is 4.51. The molecule has 1 N–H and O–H groups in total. The molecule has 0 fully saturated rings. The van der Waals surface area contributed by atoms with Gasteiger partial charge < -0.3 is 0 Å². The molecule has 0 aliphatic rings. The summed E-state index contributed by atoms with van der Waals surface area (Å²) in [6.07, 6.45) is 0. The molecule has 0 aliphatic carbocycles. The van der Waals surface area contributed by atoms with Crippen LogP contribution in [0.25, 0.3) is 0 Å². The highest BCUT2D eigenvalue weighted by Crippen LogP contribution is 2.25. The quantitative estimate of drug-likeness (QED) is 0.909. The Labute approximate surface area is 97.3 Å². The number of nitrogens with one attached hydrogen (secondary N) is 1. The minimum Gasteiger partial charge on any atom is -0.274 e. The van der Waals surface area contributed by atoms with Gasteiger partial charge in [0.25, 0.3) is 10.0 Å². The molecule has 0 spiro atoms. The van der Waals surface area contributed by atoms with E-state index in [1.165, 1.54) is 12.1 Å². The largest absolute Gasteiger partial charge is 0.274 e. The van der Waals surface area contributed by atoms with E-state index < -0.39 is 15.9 Å². The van der Waals surface area contributed by atoms with Crippen molar-refractivity contribution in [1.29, 1.82) is 0 Å². The van der Waals surface area contributed by atoms with E-state index in [-0.39, 0.29) is 10.1 Å². The summed E-state index contributed by atoms with van der Waals surface area (Å²) in [4.78, 5) is 11.2. The highest BCUT2D eigenvalue weighted by molar-refractivity contribution is 7.92. The SMILES string of the molecule is CC(C)C(=O)NS(=O)(=O)c1ccc(Cl)s1. The van der Waals surface area contributed by atoms with E-state index >= 15 is 0 Å². The van der Waals surface area contributed by atoms with Crippen molar-refractivity contribution in [2.75, 3.05) is 0 Å². The molecule has 0 aliphatic heterocycles. The second-order valence-corrected chi connectivity index (χ2v) is 6.81. The third-order valence-electron chi connectivity index (χ3n) is 1.57. The van der Waals surface area contributed by atoms with Crippen LogP contribution in [0.3, 0.4) is 0 Å². The smallest absolute Gasteiger partial charge is 0.273 e. The third kappa shape index (κ3) is 3.19. The van der Waals surface area contributed by atoms with Crippen LogP contribution in [0.4, 0.5) is 0 Å². The van der Waals surface area contributed by atoms with E-state index in [0.717, 1.165) is 11.3 Å². The molecule has 84 valence electrons. The fourth-order valence-corrected chi connectivity index (χ4v) is 3.34. The maximum atomic E-state index is 11.6. The lowest BCUT2D eigenvalue weighted by atomic mass is 10.2. The van der Waals surface area contributed by atoms with Crippen molar-refractivity contribution in [1.82, 2.24) is 4.72 Å². The average Bonchev–Trinajstić information content (AvgIpc) is 2.51. The Hall–Kier alpha value is -0.590. The molecule has 1 heterocycles. The first-order valence-electron chi connectivity index (χ1n) is 4.15. The Bertz CT molecular complexity index is 464. The van der Waals surface area contributed by atoms with E-state index in [1.807, 2.05) is 4.72 Å². The van der Waals surface area contributed by atoms with Gasteiger partial charge >= 0.3 is 0 Å². The number of sulfonamides is 1. The summed E-state index contributed by atoms with van der Waals surface area (Å²) in [5.41, 5.74) is 0. The van der Waals surface area contributed by atoms with Crippen molar-refractivity contribution >= 4 is 38.9 Å². The molecule has 0 unspecified atom stereocenters. The Morgan fingerprint density at radius 3 is 2.47 bits per heavy atom. The van der Waals surface area contributed by atoms with Crippen molar-refractivity contribution in [3.05, 3.63) is 16.5 Å². The molecule has 0 atom stereocenters.